The van der Waals surface area contributed by atoms with Crippen LogP contribution in [0.15, 0.2) is 59.8 Å². The van der Waals surface area contributed by atoms with Crippen LogP contribution in [0.4, 0.5) is 0 Å². The Morgan fingerprint density at radius 2 is 1.50 bits per heavy atom. The second kappa shape index (κ2) is 7.75. The maximum Gasteiger partial charge on any atom is 0.225 e. The zero-order valence-corrected chi connectivity index (χ0v) is 18.1. The van der Waals surface area contributed by atoms with Gasteiger partial charge in [0.15, 0.2) is 5.78 Å². The molecule has 1 amide bonds. The fourth-order valence-corrected chi connectivity index (χ4v) is 4.57. The van der Waals surface area contributed by atoms with Gasteiger partial charge in [0.1, 0.15) is 5.75 Å². The molecule has 0 saturated carbocycles. The molecule has 1 heterocycles. The third-order valence-electron chi connectivity index (χ3n) is 6.30. The molecule has 0 bridgehead atoms. The van der Waals surface area contributed by atoms with Crippen LogP contribution < -0.4 is 10.1 Å². The molecule has 4 nitrogen and oxygen atoms in total. The molecule has 2 unspecified atom stereocenters. The number of hydrogen-bond donors (Lipinski definition) is 1. The number of hydrogen-bond acceptors (Lipinski definition) is 3. The molecule has 0 fully saturated rings. The zero-order chi connectivity index (χ0) is 21.5. The van der Waals surface area contributed by atoms with Crippen molar-refractivity contribution in [3.05, 3.63) is 76.5 Å². The van der Waals surface area contributed by atoms with Crippen molar-refractivity contribution in [1.82, 2.24) is 5.32 Å². The van der Waals surface area contributed by atoms with E-state index in [2.05, 4.69) is 50.4 Å². The first kappa shape index (κ1) is 20.4. The Labute approximate surface area is 178 Å². The number of carbonyl (C=O) groups excluding carboxylic acids is 2. The minimum Gasteiger partial charge on any atom is -0.497 e. The molecule has 4 heteroatoms. The van der Waals surface area contributed by atoms with Crippen LogP contribution >= 0.6 is 0 Å². The maximum atomic E-state index is 13.2. The van der Waals surface area contributed by atoms with Gasteiger partial charge in [-0.05, 0) is 46.6 Å². The third kappa shape index (κ3) is 3.91. The molecule has 0 spiro atoms. The van der Waals surface area contributed by atoms with Crippen molar-refractivity contribution in [1.29, 1.82) is 0 Å². The highest BCUT2D eigenvalue weighted by Crippen LogP contribution is 2.43. The largest absolute Gasteiger partial charge is 0.497 e. The molecule has 4 rings (SSSR count). The van der Waals surface area contributed by atoms with Gasteiger partial charge in [0.2, 0.25) is 5.91 Å². The van der Waals surface area contributed by atoms with Crippen LogP contribution in [0.5, 0.6) is 5.75 Å². The third-order valence-corrected chi connectivity index (χ3v) is 6.30. The first-order valence-electron chi connectivity index (χ1n) is 10.6. The average Bonchev–Trinajstić information content (AvgIpc) is 2.72. The fourth-order valence-electron chi connectivity index (χ4n) is 4.57. The van der Waals surface area contributed by atoms with E-state index in [0.717, 1.165) is 28.1 Å². The number of nitrogens with one attached hydrogen (secondary N) is 1. The quantitative estimate of drug-likeness (QED) is 0.785. The lowest BCUT2D eigenvalue weighted by molar-refractivity contribution is -0.122. The normalized spacial score (nSPS) is 21.9. The van der Waals surface area contributed by atoms with E-state index in [1.807, 2.05) is 24.3 Å². The van der Waals surface area contributed by atoms with Gasteiger partial charge in [0, 0.05) is 30.0 Å². The average molecular weight is 404 g/mol. The molecule has 0 aromatic heterocycles. The zero-order valence-electron chi connectivity index (χ0n) is 18.1. The van der Waals surface area contributed by atoms with E-state index < -0.39 is 0 Å². The summed E-state index contributed by atoms with van der Waals surface area (Å²) in [6.45, 7) is 6.58. The minimum atomic E-state index is -0.184. The lowest BCUT2D eigenvalue weighted by Crippen LogP contribution is -2.38. The molecule has 1 N–H and O–H groups in total. The molecule has 2 atom stereocenters. The van der Waals surface area contributed by atoms with E-state index >= 15 is 0 Å². The molecule has 30 heavy (non-hydrogen) atoms. The Morgan fingerprint density at radius 1 is 0.867 bits per heavy atom. The molecule has 0 saturated heterocycles. The number of ether oxygens (including phenoxy) is 1. The van der Waals surface area contributed by atoms with E-state index in [1.165, 1.54) is 5.56 Å². The Morgan fingerprint density at radius 3 is 2.10 bits per heavy atom. The summed E-state index contributed by atoms with van der Waals surface area (Å²) >= 11 is 0. The topological polar surface area (TPSA) is 55.4 Å². The van der Waals surface area contributed by atoms with Crippen molar-refractivity contribution < 1.29 is 14.3 Å². The monoisotopic (exact) mass is 403 g/mol. The summed E-state index contributed by atoms with van der Waals surface area (Å²) in [7, 11) is 1.63. The summed E-state index contributed by atoms with van der Waals surface area (Å²) in [5.41, 5.74) is 5.09. The van der Waals surface area contributed by atoms with Crippen molar-refractivity contribution in [2.24, 2.45) is 0 Å². The number of ketones is 1. The summed E-state index contributed by atoms with van der Waals surface area (Å²) < 4.78 is 5.24. The van der Waals surface area contributed by atoms with Crippen molar-refractivity contribution in [3.63, 3.8) is 0 Å². The van der Waals surface area contributed by atoms with Gasteiger partial charge in [-0.15, -0.1) is 0 Å². The summed E-state index contributed by atoms with van der Waals surface area (Å²) in [5.74, 6) is 0.798. The van der Waals surface area contributed by atoms with E-state index in [-0.39, 0.29) is 28.9 Å². The molecular weight excluding hydrogens is 374 g/mol. The van der Waals surface area contributed by atoms with E-state index in [0.29, 0.717) is 19.3 Å². The van der Waals surface area contributed by atoms with Crippen LogP contribution in [0.25, 0.3) is 0 Å². The number of amides is 1. The predicted octanol–water partition coefficient (Wildman–Crippen LogP) is 5.00. The van der Waals surface area contributed by atoms with Crippen LogP contribution in [0.3, 0.4) is 0 Å². The van der Waals surface area contributed by atoms with Crippen LogP contribution in [-0.4, -0.2) is 18.8 Å². The van der Waals surface area contributed by atoms with Crippen LogP contribution in [0, 0.1) is 0 Å². The number of Topliss-reactive ketones (excluding diaryl/α,β-unsaturated/α-hetero) is 1. The fraction of sp³-hybridized carbons (Fsp3) is 0.385. The number of rotatable bonds is 3. The van der Waals surface area contributed by atoms with Gasteiger partial charge < -0.3 is 10.1 Å². The van der Waals surface area contributed by atoms with Crippen molar-refractivity contribution in [3.8, 4) is 5.75 Å². The Hall–Kier alpha value is -2.88. The van der Waals surface area contributed by atoms with Crippen molar-refractivity contribution in [2.45, 2.75) is 57.3 Å². The Balaban J connectivity index is 1.63. The molecule has 2 aromatic rings. The van der Waals surface area contributed by atoms with Gasteiger partial charge >= 0.3 is 0 Å². The van der Waals surface area contributed by atoms with E-state index in [4.69, 9.17) is 4.74 Å². The minimum absolute atomic E-state index is 0.0221. The maximum absolute atomic E-state index is 13.2. The molecule has 2 aliphatic rings. The SMILES string of the molecule is COc1ccc(C2CC(=O)NC3=C2C(=O)CC(c2ccc(C(C)(C)C)cc2)C3)cc1. The number of allylic oxidation sites excluding steroid dienone is 2. The first-order chi connectivity index (χ1) is 14.3. The number of benzene rings is 2. The lowest BCUT2D eigenvalue weighted by atomic mass is 9.73. The number of methoxy groups -OCH3 is 1. The molecule has 1 aliphatic carbocycles. The summed E-state index contributed by atoms with van der Waals surface area (Å²) in [6.07, 6.45) is 1.48. The highest BCUT2D eigenvalue weighted by molar-refractivity contribution is 6.02. The summed E-state index contributed by atoms with van der Waals surface area (Å²) in [5, 5.41) is 3.00. The van der Waals surface area contributed by atoms with Gasteiger partial charge in [-0.1, -0.05) is 57.2 Å². The molecule has 2 aromatic carbocycles. The van der Waals surface area contributed by atoms with Crippen molar-refractivity contribution in [2.75, 3.05) is 7.11 Å². The highest BCUT2D eigenvalue weighted by atomic mass is 16.5. The van der Waals surface area contributed by atoms with E-state index in [1.54, 1.807) is 7.11 Å². The van der Waals surface area contributed by atoms with Crippen LogP contribution in [-0.2, 0) is 15.0 Å². The summed E-state index contributed by atoms with van der Waals surface area (Å²) in [6, 6.07) is 16.3. The van der Waals surface area contributed by atoms with Gasteiger partial charge in [-0.25, -0.2) is 0 Å². The highest BCUT2D eigenvalue weighted by Gasteiger charge is 2.38. The Kier molecular flexibility index (Phi) is 5.27. The van der Waals surface area contributed by atoms with Crippen molar-refractivity contribution >= 4 is 11.7 Å². The molecule has 1 aliphatic heterocycles. The lowest BCUT2D eigenvalue weighted by Gasteiger charge is -2.34. The van der Waals surface area contributed by atoms with Gasteiger partial charge in [-0.3, -0.25) is 9.59 Å². The Bertz CT molecular complexity index is 994. The second-order valence-corrected chi connectivity index (χ2v) is 9.37. The molecule has 156 valence electrons. The molecule has 0 radical (unpaired) electrons. The van der Waals surface area contributed by atoms with Crippen LogP contribution in [0.2, 0.25) is 0 Å². The summed E-state index contributed by atoms with van der Waals surface area (Å²) in [4.78, 5) is 25.7. The first-order valence-corrected chi connectivity index (χ1v) is 10.6. The second-order valence-electron chi connectivity index (χ2n) is 9.37. The number of carbonyl (C=O) groups is 2. The van der Waals surface area contributed by atoms with Gasteiger partial charge in [0.25, 0.3) is 0 Å². The molecular formula is C26H29NO3. The van der Waals surface area contributed by atoms with E-state index in [9.17, 15) is 9.59 Å². The van der Waals surface area contributed by atoms with Gasteiger partial charge in [0.05, 0.1) is 7.11 Å². The van der Waals surface area contributed by atoms with Crippen LogP contribution in [0.1, 0.15) is 68.6 Å². The predicted molar refractivity (Wildman–Crippen MR) is 118 cm³/mol. The van der Waals surface area contributed by atoms with Gasteiger partial charge in [-0.2, -0.15) is 0 Å². The smallest absolute Gasteiger partial charge is 0.225 e. The standard InChI is InChI=1S/C26H29NO3/c1-26(2,3)19-9-5-16(6-10-19)18-13-22-25(23(28)14-18)21(15-24(29)27-22)17-7-11-20(30-4)12-8-17/h5-12,18,21H,13-15H2,1-4H3,(H,27,29).